The van der Waals surface area contributed by atoms with Crippen molar-refractivity contribution >= 4 is 11.8 Å². The van der Waals surface area contributed by atoms with Gasteiger partial charge in [0.15, 0.2) is 11.6 Å². The molecule has 0 aromatic carbocycles. The van der Waals surface area contributed by atoms with Gasteiger partial charge in [-0.1, -0.05) is 6.92 Å². The van der Waals surface area contributed by atoms with Crippen LogP contribution in [0.4, 0.5) is 10.2 Å². The van der Waals surface area contributed by atoms with Crippen LogP contribution in [0.15, 0.2) is 6.33 Å². The van der Waals surface area contributed by atoms with E-state index >= 15 is 0 Å². The predicted molar refractivity (Wildman–Crippen MR) is 61.4 cm³/mol. The van der Waals surface area contributed by atoms with Gasteiger partial charge in [0, 0.05) is 13.1 Å². The van der Waals surface area contributed by atoms with Crippen molar-refractivity contribution in [2.75, 3.05) is 18.0 Å². The maximum absolute atomic E-state index is 13.8. The van der Waals surface area contributed by atoms with E-state index in [1.165, 1.54) is 6.33 Å². The first kappa shape index (κ1) is 13.3. The Hall–Kier alpha value is -1.72. The summed E-state index contributed by atoms with van der Waals surface area (Å²) in [7, 11) is 0. The molecule has 1 rings (SSSR count). The molecule has 0 amide bonds. The van der Waals surface area contributed by atoms with Crippen molar-refractivity contribution in [1.29, 1.82) is 0 Å². The summed E-state index contributed by atoms with van der Waals surface area (Å²) < 4.78 is 13.8. The highest BCUT2D eigenvalue weighted by atomic mass is 19.1. The first-order valence-corrected chi connectivity index (χ1v) is 5.42. The maximum Gasteiger partial charge on any atom is 0.308 e. The number of aliphatic carboxylic acids is 1. The summed E-state index contributed by atoms with van der Waals surface area (Å²) in [4.78, 5) is 20.0. The van der Waals surface area contributed by atoms with E-state index in [2.05, 4.69) is 9.97 Å². The van der Waals surface area contributed by atoms with Crippen LogP contribution in [0, 0.1) is 18.7 Å². The second kappa shape index (κ2) is 5.56. The van der Waals surface area contributed by atoms with Gasteiger partial charge >= 0.3 is 5.97 Å². The third kappa shape index (κ3) is 3.12. The molecule has 1 heterocycles. The van der Waals surface area contributed by atoms with Crippen LogP contribution in [0.25, 0.3) is 0 Å². The highest BCUT2D eigenvalue weighted by Gasteiger charge is 2.19. The van der Waals surface area contributed by atoms with Crippen molar-refractivity contribution in [1.82, 2.24) is 9.97 Å². The van der Waals surface area contributed by atoms with Crippen LogP contribution < -0.4 is 4.90 Å². The maximum atomic E-state index is 13.8. The molecule has 0 fully saturated rings. The second-order valence-electron chi connectivity index (χ2n) is 3.87. The predicted octanol–water partition coefficient (Wildman–Crippen LogP) is 1.47. The Labute approximate surface area is 99.3 Å². The van der Waals surface area contributed by atoms with Gasteiger partial charge in [0.2, 0.25) is 0 Å². The Morgan fingerprint density at radius 2 is 2.24 bits per heavy atom. The number of aryl methyl sites for hydroxylation is 1. The molecule has 0 aliphatic rings. The van der Waals surface area contributed by atoms with Gasteiger partial charge in [-0.25, -0.2) is 14.4 Å². The van der Waals surface area contributed by atoms with Crippen LogP contribution in [0.1, 0.15) is 19.5 Å². The molecule has 0 saturated carbocycles. The average Bonchev–Trinajstić information content (AvgIpc) is 2.29. The van der Waals surface area contributed by atoms with Gasteiger partial charge in [-0.05, 0) is 13.8 Å². The number of carboxylic acids is 1. The molecular weight excluding hydrogens is 225 g/mol. The van der Waals surface area contributed by atoms with Crippen molar-refractivity contribution in [2.45, 2.75) is 20.8 Å². The van der Waals surface area contributed by atoms with Crippen molar-refractivity contribution in [2.24, 2.45) is 5.92 Å². The fraction of sp³-hybridized carbons (Fsp3) is 0.545. The number of aromatic nitrogens is 2. The van der Waals surface area contributed by atoms with Crippen molar-refractivity contribution in [3.63, 3.8) is 0 Å². The van der Waals surface area contributed by atoms with E-state index in [-0.39, 0.29) is 18.1 Å². The minimum Gasteiger partial charge on any atom is -0.481 e. The standard InChI is InChI=1S/C11H16FN3O2/c1-4-15(5-7(2)11(16)17)10-9(12)8(3)13-6-14-10/h6-7H,4-5H2,1-3H3,(H,16,17). The number of nitrogens with zero attached hydrogens (tertiary/aromatic N) is 3. The lowest BCUT2D eigenvalue weighted by molar-refractivity contribution is -0.140. The van der Waals surface area contributed by atoms with E-state index in [1.807, 2.05) is 6.92 Å². The molecule has 0 aliphatic carbocycles. The van der Waals surface area contributed by atoms with Gasteiger partial charge in [0.25, 0.3) is 0 Å². The molecule has 1 N–H and O–H groups in total. The molecule has 1 aromatic rings. The molecule has 1 unspecified atom stereocenters. The van der Waals surface area contributed by atoms with E-state index in [0.29, 0.717) is 6.54 Å². The first-order valence-electron chi connectivity index (χ1n) is 5.42. The second-order valence-corrected chi connectivity index (χ2v) is 3.87. The fourth-order valence-electron chi connectivity index (χ4n) is 1.44. The van der Waals surface area contributed by atoms with Gasteiger partial charge < -0.3 is 10.0 Å². The number of hydrogen-bond acceptors (Lipinski definition) is 4. The molecule has 0 radical (unpaired) electrons. The quantitative estimate of drug-likeness (QED) is 0.845. The number of rotatable bonds is 5. The van der Waals surface area contributed by atoms with Gasteiger partial charge in [-0.2, -0.15) is 0 Å². The van der Waals surface area contributed by atoms with Gasteiger partial charge in [0.1, 0.15) is 6.33 Å². The van der Waals surface area contributed by atoms with Crippen LogP contribution in [0.5, 0.6) is 0 Å². The Bertz CT molecular complexity index is 412. The van der Waals surface area contributed by atoms with Crippen LogP contribution in [0.2, 0.25) is 0 Å². The molecule has 1 atom stereocenters. The van der Waals surface area contributed by atoms with E-state index in [9.17, 15) is 9.18 Å². The summed E-state index contributed by atoms with van der Waals surface area (Å²) in [5.41, 5.74) is 0.261. The molecule has 0 bridgehead atoms. The molecule has 1 aromatic heterocycles. The smallest absolute Gasteiger partial charge is 0.308 e. The number of carbonyl (C=O) groups is 1. The summed E-state index contributed by atoms with van der Waals surface area (Å²) in [6.45, 7) is 5.67. The SMILES string of the molecule is CCN(CC(C)C(=O)O)c1ncnc(C)c1F. The largest absolute Gasteiger partial charge is 0.481 e. The molecular formula is C11H16FN3O2. The van der Waals surface area contributed by atoms with Crippen molar-refractivity contribution < 1.29 is 14.3 Å². The minimum atomic E-state index is -0.908. The lowest BCUT2D eigenvalue weighted by atomic mass is 10.1. The van der Waals surface area contributed by atoms with Gasteiger partial charge in [-0.3, -0.25) is 4.79 Å². The summed E-state index contributed by atoms with van der Waals surface area (Å²) in [6.07, 6.45) is 1.28. The Morgan fingerprint density at radius 3 is 2.76 bits per heavy atom. The van der Waals surface area contributed by atoms with Crippen LogP contribution in [-0.4, -0.2) is 34.1 Å². The number of anilines is 1. The molecule has 5 nitrogen and oxygen atoms in total. The number of carboxylic acid groups (broad SMARTS) is 1. The number of hydrogen-bond donors (Lipinski definition) is 1. The highest BCUT2D eigenvalue weighted by Crippen LogP contribution is 2.18. The summed E-state index contributed by atoms with van der Waals surface area (Å²) >= 11 is 0. The average molecular weight is 241 g/mol. The zero-order chi connectivity index (χ0) is 13.0. The van der Waals surface area contributed by atoms with Crippen molar-refractivity contribution in [3.8, 4) is 0 Å². The molecule has 6 heteroatoms. The minimum absolute atomic E-state index is 0.160. The highest BCUT2D eigenvalue weighted by molar-refractivity contribution is 5.70. The van der Waals surface area contributed by atoms with E-state index in [1.54, 1.807) is 18.7 Å². The Kier molecular flexibility index (Phi) is 4.37. The zero-order valence-electron chi connectivity index (χ0n) is 10.1. The van der Waals surface area contributed by atoms with E-state index in [0.717, 1.165) is 0 Å². The molecule has 94 valence electrons. The molecule has 0 spiro atoms. The monoisotopic (exact) mass is 241 g/mol. The third-order valence-electron chi connectivity index (χ3n) is 2.54. The molecule has 0 saturated heterocycles. The van der Waals surface area contributed by atoms with Crippen LogP contribution in [0.3, 0.4) is 0 Å². The normalized spacial score (nSPS) is 12.2. The van der Waals surface area contributed by atoms with E-state index < -0.39 is 17.7 Å². The number of halogens is 1. The van der Waals surface area contributed by atoms with Crippen LogP contribution >= 0.6 is 0 Å². The van der Waals surface area contributed by atoms with Crippen molar-refractivity contribution in [3.05, 3.63) is 17.8 Å². The Morgan fingerprint density at radius 1 is 1.59 bits per heavy atom. The lowest BCUT2D eigenvalue weighted by Crippen LogP contribution is -2.33. The summed E-state index contributed by atoms with van der Waals surface area (Å²) in [6, 6.07) is 0. The summed E-state index contributed by atoms with van der Waals surface area (Å²) in [5.74, 6) is -1.82. The first-order chi connectivity index (χ1) is 7.97. The topological polar surface area (TPSA) is 66.3 Å². The molecule has 0 aliphatic heterocycles. The Balaban J connectivity index is 2.94. The zero-order valence-corrected chi connectivity index (χ0v) is 10.1. The van der Waals surface area contributed by atoms with Crippen LogP contribution in [-0.2, 0) is 4.79 Å². The lowest BCUT2D eigenvalue weighted by Gasteiger charge is -2.24. The summed E-state index contributed by atoms with van der Waals surface area (Å²) in [5, 5.41) is 8.84. The molecule has 17 heavy (non-hydrogen) atoms. The van der Waals surface area contributed by atoms with E-state index in [4.69, 9.17) is 5.11 Å². The fourth-order valence-corrected chi connectivity index (χ4v) is 1.44. The third-order valence-corrected chi connectivity index (χ3v) is 2.54. The van der Waals surface area contributed by atoms with Gasteiger partial charge in [0.05, 0.1) is 11.6 Å². The van der Waals surface area contributed by atoms with Gasteiger partial charge in [-0.15, -0.1) is 0 Å².